The normalized spacial score (nSPS) is 21.3. The molecule has 0 spiro atoms. The van der Waals surface area contributed by atoms with E-state index in [9.17, 15) is 27.6 Å². The van der Waals surface area contributed by atoms with E-state index in [1.807, 2.05) is 14.0 Å². The van der Waals surface area contributed by atoms with Crippen LogP contribution in [0.25, 0.3) is 0 Å². The monoisotopic (exact) mass is 547 g/mol. The average molecular weight is 548 g/mol. The van der Waals surface area contributed by atoms with E-state index in [2.05, 4.69) is 15.5 Å². The van der Waals surface area contributed by atoms with Gasteiger partial charge in [-0.3, -0.25) is 14.4 Å². The minimum absolute atomic E-state index is 0.0517. The molecule has 0 aliphatic carbocycles. The van der Waals surface area contributed by atoms with Crippen molar-refractivity contribution >= 4 is 17.5 Å². The minimum Gasteiger partial charge on any atom is -0.381 e. The average Bonchev–Trinajstić information content (AvgIpc) is 3.28. The van der Waals surface area contributed by atoms with Crippen LogP contribution in [-0.4, -0.2) is 65.4 Å². The van der Waals surface area contributed by atoms with Crippen LogP contribution in [0.3, 0.4) is 0 Å². The second-order valence-corrected chi connectivity index (χ2v) is 11.0. The van der Waals surface area contributed by atoms with Gasteiger partial charge in [-0.15, -0.1) is 0 Å². The Bertz CT molecular complexity index is 1290. The summed E-state index contributed by atoms with van der Waals surface area (Å²) >= 11 is 0. The third kappa shape index (κ3) is 6.13. The first kappa shape index (κ1) is 28.7. The van der Waals surface area contributed by atoms with Crippen molar-refractivity contribution < 1.29 is 22.8 Å². The fourth-order valence-electron chi connectivity index (χ4n) is 5.46. The molecular weight excluding hydrogens is 511 g/mol. The van der Waals surface area contributed by atoms with E-state index in [1.54, 1.807) is 4.90 Å². The van der Waals surface area contributed by atoms with Crippen LogP contribution in [0.4, 0.5) is 18.9 Å². The van der Waals surface area contributed by atoms with Crippen molar-refractivity contribution in [2.45, 2.75) is 64.1 Å². The first-order valence-electron chi connectivity index (χ1n) is 13.2. The number of benzene rings is 1. The second kappa shape index (κ2) is 11.4. The lowest BCUT2D eigenvalue weighted by Crippen LogP contribution is -2.43. The molecule has 0 radical (unpaired) electrons. The Morgan fingerprint density at radius 2 is 1.79 bits per heavy atom. The lowest BCUT2D eigenvalue weighted by Gasteiger charge is -2.32. The summed E-state index contributed by atoms with van der Waals surface area (Å²) in [4.78, 5) is 42.8. The number of nitrogens with zero attached hydrogens (tertiary/aromatic N) is 3. The molecule has 2 fully saturated rings. The van der Waals surface area contributed by atoms with Crippen LogP contribution in [0.5, 0.6) is 0 Å². The number of likely N-dealkylation sites (tertiary alicyclic amines) is 2. The van der Waals surface area contributed by atoms with Crippen molar-refractivity contribution in [2.24, 2.45) is 0 Å². The number of aromatic nitrogens is 1. The fraction of sp³-hybridized carbons (Fsp3) is 0.536. The van der Waals surface area contributed by atoms with E-state index in [1.165, 1.54) is 42.8 Å². The van der Waals surface area contributed by atoms with Gasteiger partial charge >= 0.3 is 0 Å². The zero-order valence-corrected chi connectivity index (χ0v) is 22.8. The molecule has 2 amide bonds. The van der Waals surface area contributed by atoms with E-state index in [0.29, 0.717) is 25.2 Å². The van der Waals surface area contributed by atoms with Gasteiger partial charge in [0.25, 0.3) is 17.9 Å². The van der Waals surface area contributed by atoms with Gasteiger partial charge in [-0.1, -0.05) is 18.2 Å². The smallest absolute Gasteiger partial charge is 0.266 e. The molecule has 8 nitrogen and oxygen atoms in total. The van der Waals surface area contributed by atoms with Gasteiger partial charge in [-0.05, 0) is 53.2 Å². The predicted octanol–water partition coefficient (Wildman–Crippen LogP) is 3.89. The Morgan fingerprint density at radius 1 is 1.13 bits per heavy atom. The molecule has 1 aromatic carbocycles. The number of carbonyl (C=O) groups excluding carboxylic acids is 2. The van der Waals surface area contributed by atoms with E-state index in [4.69, 9.17) is 0 Å². The topological polar surface area (TPSA) is 86.7 Å². The molecule has 212 valence electrons. The number of rotatable bonds is 7. The molecule has 2 atom stereocenters. The summed E-state index contributed by atoms with van der Waals surface area (Å²) in [5.41, 5.74) is -1.25. The third-order valence-corrected chi connectivity index (χ3v) is 7.96. The Morgan fingerprint density at radius 3 is 2.41 bits per heavy atom. The van der Waals surface area contributed by atoms with Gasteiger partial charge < -0.3 is 25.0 Å². The molecule has 2 aliphatic rings. The molecule has 2 aromatic rings. The summed E-state index contributed by atoms with van der Waals surface area (Å²) in [5, 5.41) is 6.09. The van der Waals surface area contributed by atoms with Crippen LogP contribution in [-0.2, 0) is 10.3 Å². The molecule has 3 heterocycles. The number of pyridine rings is 1. The highest BCUT2D eigenvalue weighted by atomic mass is 19.3. The summed E-state index contributed by atoms with van der Waals surface area (Å²) in [5.74, 6) is -1.72. The standard InChI is InChI=1S/C28H36F3N5O3/c1-17(20-6-5-7-21(25(20)29)26(30)31)32-27(39)22-15-36(28(3)10-13-35(16-28)18(2)37)24(38)14-23(22)33-19-8-11-34(4)12-9-19/h5-7,14-15,17,19,26,33H,8-13,16H2,1-4H3,(H,32,39)/t17?,28-/m0/s1. The van der Waals surface area contributed by atoms with Crippen molar-refractivity contribution in [1.82, 2.24) is 19.7 Å². The van der Waals surface area contributed by atoms with Crippen molar-refractivity contribution in [3.05, 3.63) is 63.3 Å². The van der Waals surface area contributed by atoms with Crippen LogP contribution in [0, 0.1) is 5.82 Å². The van der Waals surface area contributed by atoms with Gasteiger partial charge in [0.15, 0.2) is 0 Å². The Balaban J connectivity index is 1.68. The maximum atomic E-state index is 14.8. The highest BCUT2D eigenvalue weighted by molar-refractivity contribution is 5.99. The maximum Gasteiger partial charge on any atom is 0.266 e. The number of nitrogens with one attached hydrogen (secondary N) is 2. The zero-order chi connectivity index (χ0) is 28.5. The summed E-state index contributed by atoms with van der Waals surface area (Å²) in [6.45, 7) is 7.43. The van der Waals surface area contributed by atoms with Crippen LogP contribution < -0.4 is 16.2 Å². The van der Waals surface area contributed by atoms with Gasteiger partial charge in [0.1, 0.15) is 5.82 Å². The molecule has 0 bridgehead atoms. The molecule has 4 rings (SSSR count). The van der Waals surface area contributed by atoms with Crippen LogP contribution in [0.1, 0.15) is 74.0 Å². The first-order valence-corrected chi connectivity index (χ1v) is 13.2. The number of piperidine rings is 1. The number of hydrogen-bond acceptors (Lipinski definition) is 5. The zero-order valence-electron chi connectivity index (χ0n) is 22.8. The van der Waals surface area contributed by atoms with E-state index < -0.39 is 35.3 Å². The highest BCUT2D eigenvalue weighted by Gasteiger charge is 2.38. The minimum atomic E-state index is -2.98. The summed E-state index contributed by atoms with van der Waals surface area (Å²) < 4.78 is 42.8. The Labute approximate surface area is 226 Å². The van der Waals surface area contributed by atoms with Crippen LogP contribution >= 0.6 is 0 Å². The molecule has 2 saturated heterocycles. The predicted molar refractivity (Wildman–Crippen MR) is 143 cm³/mol. The number of carbonyl (C=O) groups is 2. The van der Waals surface area contributed by atoms with E-state index >= 15 is 0 Å². The lowest BCUT2D eigenvalue weighted by molar-refractivity contribution is -0.128. The highest BCUT2D eigenvalue weighted by Crippen LogP contribution is 2.31. The number of hydrogen-bond donors (Lipinski definition) is 2. The summed E-state index contributed by atoms with van der Waals surface area (Å²) in [7, 11) is 2.03. The van der Waals surface area contributed by atoms with Crippen molar-refractivity contribution in [3.8, 4) is 0 Å². The van der Waals surface area contributed by atoms with Gasteiger partial charge in [-0.25, -0.2) is 13.2 Å². The Kier molecular flexibility index (Phi) is 8.39. The van der Waals surface area contributed by atoms with Gasteiger partial charge in [0, 0.05) is 43.9 Å². The SMILES string of the molecule is CC(=O)N1CC[C@](C)(n2cc(C(=O)NC(C)c3cccc(C(F)F)c3F)c(NC3CCN(C)CC3)cc2=O)C1. The van der Waals surface area contributed by atoms with Crippen molar-refractivity contribution in [3.63, 3.8) is 0 Å². The van der Waals surface area contributed by atoms with Gasteiger partial charge in [0.2, 0.25) is 5.91 Å². The van der Waals surface area contributed by atoms with Crippen LogP contribution in [0.2, 0.25) is 0 Å². The molecule has 2 N–H and O–H groups in total. The number of amides is 2. The lowest BCUT2D eigenvalue weighted by atomic mass is 9.99. The van der Waals surface area contributed by atoms with E-state index in [-0.39, 0.29) is 28.6 Å². The number of alkyl halides is 2. The number of anilines is 1. The quantitative estimate of drug-likeness (QED) is 0.550. The van der Waals surface area contributed by atoms with Gasteiger partial charge in [0.05, 0.1) is 28.4 Å². The molecule has 0 saturated carbocycles. The Hall–Kier alpha value is -3.34. The third-order valence-electron chi connectivity index (χ3n) is 7.96. The number of halogens is 3. The molecule has 2 aliphatic heterocycles. The largest absolute Gasteiger partial charge is 0.381 e. The summed E-state index contributed by atoms with van der Waals surface area (Å²) in [6, 6.07) is 4.25. The van der Waals surface area contributed by atoms with Crippen LogP contribution in [0.15, 0.2) is 35.3 Å². The van der Waals surface area contributed by atoms with Crippen molar-refractivity contribution in [2.75, 3.05) is 38.5 Å². The van der Waals surface area contributed by atoms with E-state index in [0.717, 1.165) is 32.0 Å². The molecule has 1 unspecified atom stereocenters. The first-order chi connectivity index (χ1) is 18.4. The summed E-state index contributed by atoms with van der Waals surface area (Å²) in [6.07, 6.45) is 0.708. The molecule has 39 heavy (non-hydrogen) atoms. The van der Waals surface area contributed by atoms with Crippen molar-refractivity contribution in [1.29, 1.82) is 0 Å². The van der Waals surface area contributed by atoms with Gasteiger partial charge in [-0.2, -0.15) is 0 Å². The fourth-order valence-corrected chi connectivity index (χ4v) is 5.46. The molecule has 1 aromatic heterocycles. The molecular formula is C28H36F3N5O3. The molecule has 11 heteroatoms. The second-order valence-electron chi connectivity index (χ2n) is 11.0. The maximum absolute atomic E-state index is 14.8.